The molecule has 0 aliphatic carbocycles. The third-order valence-electron chi connectivity index (χ3n) is 4.26. The molecule has 2 rings (SSSR count). The standard InChI is InChI=1S/C19H27NO4/c1-3-23-19(22)16-9-11-20(12-10-16)18(21)8-5-13-24-17-7-4-6-15(2)14-17/h4,6-7,14,16H,3,5,8-13H2,1-2H3. The second-order valence-electron chi connectivity index (χ2n) is 6.18. The van der Waals surface area contributed by atoms with Gasteiger partial charge in [0.05, 0.1) is 19.1 Å². The number of likely N-dealkylation sites (tertiary alicyclic amines) is 1. The Morgan fingerprint density at radius 2 is 2.00 bits per heavy atom. The number of carbonyl (C=O) groups is 2. The summed E-state index contributed by atoms with van der Waals surface area (Å²) >= 11 is 0. The Labute approximate surface area is 143 Å². The van der Waals surface area contributed by atoms with E-state index >= 15 is 0 Å². The molecular weight excluding hydrogens is 306 g/mol. The molecule has 1 heterocycles. The van der Waals surface area contributed by atoms with Crippen LogP contribution < -0.4 is 4.74 Å². The Morgan fingerprint density at radius 3 is 2.67 bits per heavy atom. The third kappa shape index (κ3) is 5.55. The first kappa shape index (κ1) is 18.3. The molecule has 1 amide bonds. The van der Waals surface area contributed by atoms with Crippen LogP contribution >= 0.6 is 0 Å². The maximum absolute atomic E-state index is 12.2. The van der Waals surface area contributed by atoms with Crippen molar-refractivity contribution in [3.8, 4) is 5.75 Å². The van der Waals surface area contributed by atoms with Crippen LogP contribution in [0.5, 0.6) is 5.75 Å². The number of ether oxygens (including phenoxy) is 2. The number of rotatable bonds is 7. The molecule has 0 bridgehead atoms. The highest BCUT2D eigenvalue weighted by atomic mass is 16.5. The molecule has 24 heavy (non-hydrogen) atoms. The smallest absolute Gasteiger partial charge is 0.309 e. The summed E-state index contributed by atoms with van der Waals surface area (Å²) in [5, 5.41) is 0. The van der Waals surface area contributed by atoms with Crippen molar-refractivity contribution in [2.45, 2.75) is 39.5 Å². The molecule has 0 saturated carbocycles. The Balaban J connectivity index is 1.64. The van der Waals surface area contributed by atoms with Crippen molar-refractivity contribution in [2.24, 2.45) is 5.92 Å². The molecule has 1 aliphatic heterocycles. The topological polar surface area (TPSA) is 55.8 Å². The van der Waals surface area contributed by atoms with Crippen LogP contribution in [-0.4, -0.2) is 43.1 Å². The maximum Gasteiger partial charge on any atom is 0.309 e. The minimum Gasteiger partial charge on any atom is -0.494 e. The van der Waals surface area contributed by atoms with Gasteiger partial charge in [-0.05, 0) is 50.8 Å². The van der Waals surface area contributed by atoms with Gasteiger partial charge in [0.25, 0.3) is 0 Å². The summed E-state index contributed by atoms with van der Waals surface area (Å²) in [6.07, 6.45) is 2.58. The van der Waals surface area contributed by atoms with E-state index in [0.717, 1.165) is 11.3 Å². The monoisotopic (exact) mass is 333 g/mol. The zero-order valence-corrected chi connectivity index (χ0v) is 14.6. The Bertz CT molecular complexity index is 550. The molecule has 1 aromatic rings. The van der Waals surface area contributed by atoms with Crippen LogP contribution in [0.2, 0.25) is 0 Å². The molecular formula is C19H27NO4. The summed E-state index contributed by atoms with van der Waals surface area (Å²) in [6, 6.07) is 7.90. The average molecular weight is 333 g/mol. The predicted molar refractivity (Wildman–Crippen MR) is 91.8 cm³/mol. The molecule has 0 unspecified atom stereocenters. The minimum absolute atomic E-state index is 0.0568. The Kier molecular flexibility index (Phi) is 7.09. The summed E-state index contributed by atoms with van der Waals surface area (Å²) in [5.41, 5.74) is 1.16. The van der Waals surface area contributed by atoms with Gasteiger partial charge in [-0.2, -0.15) is 0 Å². The van der Waals surface area contributed by atoms with Crippen molar-refractivity contribution in [3.63, 3.8) is 0 Å². The van der Waals surface area contributed by atoms with E-state index in [4.69, 9.17) is 9.47 Å². The lowest BCUT2D eigenvalue weighted by Gasteiger charge is -2.31. The maximum atomic E-state index is 12.2. The number of benzene rings is 1. The number of hydrogen-bond donors (Lipinski definition) is 0. The predicted octanol–water partition coefficient (Wildman–Crippen LogP) is 2.96. The lowest BCUT2D eigenvalue weighted by Crippen LogP contribution is -2.40. The van der Waals surface area contributed by atoms with E-state index in [2.05, 4.69) is 0 Å². The number of hydrogen-bond acceptors (Lipinski definition) is 4. The van der Waals surface area contributed by atoms with Gasteiger partial charge in [0.2, 0.25) is 5.91 Å². The molecule has 0 aromatic heterocycles. The van der Waals surface area contributed by atoms with Gasteiger partial charge in [-0.15, -0.1) is 0 Å². The van der Waals surface area contributed by atoms with Crippen molar-refractivity contribution in [1.29, 1.82) is 0 Å². The van der Waals surface area contributed by atoms with Crippen LogP contribution in [0.1, 0.15) is 38.2 Å². The third-order valence-corrected chi connectivity index (χ3v) is 4.26. The van der Waals surface area contributed by atoms with Crippen molar-refractivity contribution in [2.75, 3.05) is 26.3 Å². The number of amides is 1. The molecule has 0 N–H and O–H groups in total. The van der Waals surface area contributed by atoms with Gasteiger partial charge in [-0.3, -0.25) is 9.59 Å². The summed E-state index contributed by atoms with van der Waals surface area (Å²) in [4.78, 5) is 25.8. The number of carbonyl (C=O) groups excluding carboxylic acids is 2. The van der Waals surface area contributed by atoms with Crippen LogP contribution in [0, 0.1) is 12.8 Å². The van der Waals surface area contributed by atoms with Crippen LogP contribution in [0.25, 0.3) is 0 Å². The summed E-state index contributed by atoms with van der Waals surface area (Å²) < 4.78 is 10.7. The van der Waals surface area contributed by atoms with E-state index in [1.165, 1.54) is 0 Å². The molecule has 5 nitrogen and oxygen atoms in total. The molecule has 0 atom stereocenters. The number of piperidine rings is 1. The summed E-state index contributed by atoms with van der Waals surface area (Å²) in [5.74, 6) is 0.803. The fraction of sp³-hybridized carbons (Fsp3) is 0.579. The van der Waals surface area contributed by atoms with E-state index < -0.39 is 0 Å². The highest BCUT2D eigenvalue weighted by Crippen LogP contribution is 2.19. The average Bonchev–Trinajstić information content (AvgIpc) is 2.59. The van der Waals surface area contributed by atoms with Gasteiger partial charge < -0.3 is 14.4 Å². The zero-order chi connectivity index (χ0) is 17.4. The van der Waals surface area contributed by atoms with Crippen molar-refractivity contribution in [1.82, 2.24) is 4.90 Å². The molecule has 132 valence electrons. The number of esters is 1. The van der Waals surface area contributed by atoms with Gasteiger partial charge in [0, 0.05) is 19.5 Å². The molecule has 1 aromatic carbocycles. The second-order valence-corrected chi connectivity index (χ2v) is 6.18. The Hall–Kier alpha value is -2.04. The van der Waals surface area contributed by atoms with Gasteiger partial charge in [0.1, 0.15) is 5.75 Å². The molecule has 5 heteroatoms. The lowest BCUT2D eigenvalue weighted by atomic mass is 9.97. The van der Waals surface area contributed by atoms with Crippen molar-refractivity contribution in [3.05, 3.63) is 29.8 Å². The zero-order valence-electron chi connectivity index (χ0n) is 14.6. The van der Waals surface area contributed by atoms with E-state index in [0.29, 0.717) is 52.0 Å². The Morgan fingerprint density at radius 1 is 1.25 bits per heavy atom. The summed E-state index contributed by atoms with van der Waals surface area (Å²) in [7, 11) is 0. The molecule has 1 aliphatic rings. The van der Waals surface area contributed by atoms with Crippen molar-refractivity contribution < 1.29 is 19.1 Å². The van der Waals surface area contributed by atoms with Gasteiger partial charge in [-0.1, -0.05) is 12.1 Å². The number of nitrogens with zero attached hydrogens (tertiary/aromatic N) is 1. The van der Waals surface area contributed by atoms with Crippen LogP contribution in [0.15, 0.2) is 24.3 Å². The first-order valence-electron chi connectivity index (χ1n) is 8.74. The first-order valence-corrected chi connectivity index (χ1v) is 8.74. The largest absolute Gasteiger partial charge is 0.494 e. The lowest BCUT2D eigenvalue weighted by molar-refractivity contribution is -0.151. The van der Waals surface area contributed by atoms with Crippen LogP contribution in [0.4, 0.5) is 0 Å². The fourth-order valence-corrected chi connectivity index (χ4v) is 2.90. The minimum atomic E-state index is -0.129. The van der Waals surface area contributed by atoms with Crippen molar-refractivity contribution >= 4 is 11.9 Å². The summed E-state index contributed by atoms with van der Waals surface area (Å²) in [6.45, 7) is 6.07. The van der Waals surface area contributed by atoms with E-state index in [9.17, 15) is 9.59 Å². The van der Waals surface area contributed by atoms with E-state index in [1.807, 2.05) is 43.0 Å². The SMILES string of the molecule is CCOC(=O)C1CCN(C(=O)CCCOc2cccc(C)c2)CC1. The fourth-order valence-electron chi connectivity index (χ4n) is 2.90. The molecule has 0 spiro atoms. The number of aryl methyl sites for hydroxylation is 1. The molecule has 0 radical (unpaired) electrons. The van der Waals surface area contributed by atoms with E-state index in [-0.39, 0.29) is 17.8 Å². The van der Waals surface area contributed by atoms with Gasteiger partial charge >= 0.3 is 5.97 Å². The molecule has 1 fully saturated rings. The quantitative estimate of drug-likeness (QED) is 0.569. The highest BCUT2D eigenvalue weighted by Gasteiger charge is 2.27. The highest BCUT2D eigenvalue weighted by molar-refractivity contribution is 5.77. The van der Waals surface area contributed by atoms with Gasteiger partial charge in [-0.25, -0.2) is 0 Å². The van der Waals surface area contributed by atoms with E-state index in [1.54, 1.807) is 0 Å². The first-order chi connectivity index (χ1) is 11.6. The second kappa shape index (κ2) is 9.30. The van der Waals surface area contributed by atoms with Crippen LogP contribution in [0.3, 0.4) is 0 Å². The van der Waals surface area contributed by atoms with Crippen LogP contribution in [-0.2, 0) is 14.3 Å². The normalized spacial score (nSPS) is 15.2. The molecule has 1 saturated heterocycles. The van der Waals surface area contributed by atoms with Gasteiger partial charge in [0.15, 0.2) is 0 Å².